The number of hydrogen-bond donors (Lipinski definition) is 1. The van der Waals surface area contributed by atoms with E-state index in [0.717, 1.165) is 19.5 Å². The molecule has 1 N–H and O–H groups in total. The van der Waals surface area contributed by atoms with Gasteiger partial charge in [0, 0.05) is 25.0 Å². The minimum atomic E-state index is -0.189. The van der Waals surface area contributed by atoms with Crippen molar-refractivity contribution in [3.05, 3.63) is 0 Å². The third-order valence-electron chi connectivity index (χ3n) is 3.26. The summed E-state index contributed by atoms with van der Waals surface area (Å²) in [5.41, 5.74) is 0. The number of carbonyl (C=O) groups excluding carboxylic acids is 2. The minimum Gasteiger partial charge on any atom is -0.465 e. The predicted molar refractivity (Wildman–Crippen MR) is 73.6 cm³/mol. The number of esters is 1. The van der Waals surface area contributed by atoms with Crippen LogP contribution in [0.1, 0.15) is 34.1 Å². The maximum atomic E-state index is 11.7. The Kier molecular flexibility index (Phi) is 6.28. The molecule has 1 fully saturated rings. The highest BCUT2D eigenvalue weighted by atomic mass is 16.5. The summed E-state index contributed by atoms with van der Waals surface area (Å²) in [6.07, 6.45) is 0.970. The number of piperidine rings is 1. The van der Waals surface area contributed by atoms with Gasteiger partial charge in [0.2, 0.25) is 5.91 Å². The first kappa shape index (κ1) is 16.0. The van der Waals surface area contributed by atoms with Crippen LogP contribution >= 0.6 is 0 Å². The molecule has 1 amide bonds. The Labute approximate surface area is 115 Å². The molecule has 0 aliphatic carbocycles. The highest BCUT2D eigenvalue weighted by Crippen LogP contribution is 2.16. The predicted octanol–water partition coefficient (Wildman–Crippen LogP) is 1.03. The van der Waals surface area contributed by atoms with Crippen LogP contribution in [0.2, 0.25) is 0 Å². The lowest BCUT2D eigenvalue weighted by atomic mass is 9.95. The van der Waals surface area contributed by atoms with Crippen LogP contribution in [0.3, 0.4) is 0 Å². The normalized spacial score (nSPS) is 24.3. The molecule has 5 heteroatoms. The summed E-state index contributed by atoms with van der Waals surface area (Å²) in [7, 11) is 0. The quantitative estimate of drug-likeness (QED) is 0.758. The molecule has 0 aromatic heterocycles. The molecule has 2 atom stereocenters. The first-order valence-electron chi connectivity index (χ1n) is 7.10. The lowest BCUT2D eigenvalue weighted by Crippen LogP contribution is -2.52. The van der Waals surface area contributed by atoms with Gasteiger partial charge in [-0.25, -0.2) is 0 Å². The van der Waals surface area contributed by atoms with Crippen LogP contribution in [0.25, 0.3) is 0 Å². The third-order valence-corrected chi connectivity index (χ3v) is 3.26. The average Bonchev–Trinajstić information content (AvgIpc) is 2.27. The first-order valence-corrected chi connectivity index (χ1v) is 7.10. The van der Waals surface area contributed by atoms with E-state index in [-0.39, 0.29) is 23.8 Å². The number of ether oxygens (including phenoxy) is 1. The molecule has 2 unspecified atom stereocenters. The number of likely N-dealkylation sites (tertiary alicyclic amines) is 1. The Morgan fingerprint density at radius 3 is 2.63 bits per heavy atom. The van der Waals surface area contributed by atoms with Gasteiger partial charge in [0.25, 0.3) is 0 Å². The van der Waals surface area contributed by atoms with E-state index in [0.29, 0.717) is 19.1 Å². The smallest absolute Gasteiger partial charge is 0.320 e. The van der Waals surface area contributed by atoms with E-state index in [9.17, 15) is 9.59 Å². The van der Waals surface area contributed by atoms with Gasteiger partial charge in [-0.1, -0.05) is 20.8 Å². The zero-order valence-corrected chi connectivity index (χ0v) is 12.4. The summed E-state index contributed by atoms with van der Waals surface area (Å²) >= 11 is 0. The van der Waals surface area contributed by atoms with E-state index in [2.05, 4.69) is 17.1 Å². The van der Waals surface area contributed by atoms with Crippen LogP contribution < -0.4 is 5.32 Å². The summed E-state index contributed by atoms with van der Waals surface area (Å²) in [6.45, 7) is 10.1. The number of rotatable bonds is 5. The molecule has 5 nitrogen and oxygen atoms in total. The molecular weight excluding hydrogens is 244 g/mol. The highest BCUT2D eigenvalue weighted by molar-refractivity contribution is 5.78. The van der Waals surface area contributed by atoms with Crippen molar-refractivity contribution in [3.8, 4) is 0 Å². The van der Waals surface area contributed by atoms with Gasteiger partial charge in [0.05, 0.1) is 13.2 Å². The molecule has 0 radical (unpaired) electrons. The second-order valence-electron chi connectivity index (χ2n) is 5.70. The van der Waals surface area contributed by atoms with Crippen molar-refractivity contribution in [2.75, 3.05) is 26.2 Å². The standard InChI is InChI=1S/C14H26N2O3/c1-5-19-13(17)9-16-7-11(4)6-12(8-16)15-14(18)10(2)3/h10-12H,5-9H2,1-4H3,(H,15,18). The van der Waals surface area contributed by atoms with E-state index >= 15 is 0 Å². The molecule has 19 heavy (non-hydrogen) atoms. The lowest BCUT2D eigenvalue weighted by molar-refractivity contribution is -0.144. The van der Waals surface area contributed by atoms with Gasteiger partial charge >= 0.3 is 5.97 Å². The number of hydrogen-bond acceptors (Lipinski definition) is 4. The molecule has 1 aliphatic rings. The fourth-order valence-corrected chi connectivity index (χ4v) is 2.45. The fourth-order valence-electron chi connectivity index (χ4n) is 2.45. The van der Waals surface area contributed by atoms with Crippen LogP contribution in [0.5, 0.6) is 0 Å². The van der Waals surface area contributed by atoms with E-state index in [1.165, 1.54) is 0 Å². The van der Waals surface area contributed by atoms with Crippen LogP contribution in [0, 0.1) is 11.8 Å². The van der Waals surface area contributed by atoms with E-state index in [1.54, 1.807) is 0 Å². The largest absolute Gasteiger partial charge is 0.465 e. The summed E-state index contributed by atoms with van der Waals surface area (Å²) < 4.78 is 4.97. The van der Waals surface area contributed by atoms with Gasteiger partial charge in [0.15, 0.2) is 0 Å². The monoisotopic (exact) mass is 270 g/mol. The first-order chi connectivity index (χ1) is 8.92. The molecule has 1 aliphatic heterocycles. The number of nitrogens with zero attached hydrogens (tertiary/aromatic N) is 1. The molecule has 1 saturated heterocycles. The van der Waals surface area contributed by atoms with Gasteiger partial charge < -0.3 is 10.1 Å². The third kappa shape index (κ3) is 5.59. The fraction of sp³-hybridized carbons (Fsp3) is 0.857. The van der Waals surface area contributed by atoms with Crippen molar-refractivity contribution >= 4 is 11.9 Å². The van der Waals surface area contributed by atoms with Crippen LogP contribution in [0.15, 0.2) is 0 Å². The summed E-state index contributed by atoms with van der Waals surface area (Å²) in [5.74, 6) is 0.358. The molecule has 1 rings (SSSR count). The molecule has 0 aromatic carbocycles. The average molecular weight is 270 g/mol. The topological polar surface area (TPSA) is 58.6 Å². The lowest BCUT2D eigenvalue weighted by Gasteiger charge is -2.36. The number of nitrogens with one attached hydrogen (secondary N) is 1. The number of amides is 1. The van der Waals surface area contributed by atoms with E-state index in [1.807, 2.05) is 20.8 Å². The molecule has 0 aromatic rings. The molecule has 0 bridgehead atoms. The van der Waals surface area contributed by atoms with Crippen molar-refractivity contribution in [1.82, 2.24) is 10.2 Å². The zero-order chi connectivity index (χ0) is 14.4. The van der Waals surface area contributed by atoms with Gasteiger partial charge in [-0.2, -0.15) is 0 Å². The summed E-state index contributed by atoms with van der Waals surface area (Å²) in [6, 6.07) is 0.132. The van der Waals surface area contributed by atoms with Crippen molar-refractivity contribution in [3.63, 3.8) is 0 Å². The Balaban J connectivity index is 2.48. The number of carbonyl (C=O) groups is 2. The molecule has 1 heterocycles. The Morgan fingerprint density at radius 1 is 1.37 bits per heavy atom. The summed E-state index contributed by atoms with van der Waals surface area (Å²) in [5, 5.41) is 3.05. The van der Waals surface area contributed by atoms with Crippen molar-refractivity contribution in [2.24, 2.45) is 11.8 Å². The van der Waals surface area contributed by atoms with Crippen LogP contribution in [-0.4, -0.2) is 49.1 Å². The zero-order valence-electron chi connectivity index (χ0n) is 12.4. The van der Waals surface area contributed by atoms with Gasteiger partial charge in [-0.05, 0) is 19.3 Å². The van der Waals surface area contributed by atoms with Gasteiger partial charge in [-0.3, -0.25) is 14.5 Å². The van der Waals surface area contributed by atoms with Gasteiger partial charge in [0.1, 0.15) is 0 Å². The van der Waals surface area contributed by atoms with E-state index < -0.39 is 0 Å². The second kappa shape index (κ2) is 7.48. The molecule has 0 saturated carbocycles. The maximum Gasteiger partial charge on any atom is 0.320 e. The Hall–Kier alpha value is -1.10. The van der Waals surface area contributed by atoms with Crippen molar-refractivity contribution < 1.29 is 14.3 Å². The second-order valence-corrected chi connectivity index (χ2v) is 5.70. The van der Waals surface area contributed by atoms with Crippen molar-refractivity contribution in [1.29, 1.82) is 0 Å². The van der Waals surface area contributed by atoms with E-state index in [4.69, 9.17) is 4.74 Å². The van der Waals surface area contributed by atoms with Crippen molar-refractivity contribution in [2.45, 2.75) is 40.2 Å². The molecular formula is C14H26N2O3. The maximum absolute atomic E-state index is 11.7. The molecule has 0 spiro atoms. The Morgan fingerprint density at radius 2 is 2.05 bits per heavy atom. The SMILES string of the molecule is CCOC(=O)CN1CC(C)CC(NC(=O)C(C)C)C1. The summed E-state index contributed by atoms with van der Waals surface area (Å²) in [4.78, 5) is 25.3. The Bertz CT molecular complexity index is 318. The molecule has 110 valence electrons. The van der Waals surface area contributed by atoms with Crippen LogP contribution in [-0.2, 0) is 14.3 Å². The van der Waals surface area contributed by atoms with Gasteiger partial charge in [-0.15, -0.1) is 0 Å². The minimum absolute atomic E-state index is 0.00395. The van der Waals surface area contributed by atoms with Crippen LogP contribution in [0.4, 0.5) is 0 Å². The highest BCUT2D eigenvalue weighted by Gasteiger charge is 2.27.